The van der Waals surface area contributed by atoms with Gasteiger partial charge in [-0.2, -0.15) is 0 Å². The summed E-state index contributed by atoms with van der Waals surface area (Å²) in [4.78, 5) is 4.35. The molecule has 0 spiro atoms. The van der Waals surface area contributed by atoms with Crippen LogP contribution in [0.5, 0.6) is 0 Å². The molecule has 0 bridgehead atoms. The minimum atomic E-state index is -0.168. The molecule has 2 N–H and O–H groups in total. The molecule has 1 aromatic rings. The smallest absolute Gasteiger partial charge is 0.0453 e. The first-order valence-electron chi connectivity index (χ1n) is 4.74. The Bertz CT molecular complexity index is 274. The van der Waals surface area contributed by atoms with Gasteiger partial charge in [0.05, 0.1) is 0 Å². The average molecular weight is 178 g/mol. The molecule has 0 atom stereocenters. The van der Waals surface area contributed by atoms with Crippen molar-refractivity contribution in [3.05, 3.63) is 29.6 Å². The Morgan fingerprint density at radius 1 is 1.46 bits per heavy atom. The van der Waals surface area contributed by atoms with Gasteiger partial charge in [0, 0.05) is 23.9 Å². The van der Waals surface area contributed by atoms with Crippen LogP contribution in [-0.2, 0) is 12.8 Å². The lowest BCUT2D eigenvalue weighted by Gasteiger charge is -2.19. The fourth-order valence-electron chi connectivity index (χ4n) is 1.38. The highest BCUT2D eigenvalue weighted by molar-refractivity contribution is 5.21. The van der Waals surface area contributed by atoms with Crippen molar-refractivity contribution >= 4 is 0 Å². The first kappa shape index (κ1) is 10.2. The van der Waals surface area contributed by atoms with E-state index in [9.17, 15) is 0 Å². The molecule has 0 unspecified atom stereocenters. The van der Waals surface area contributed by atoms with Crippen LogP contribution in [0.2, 0.25) is 0 Å². The van der Waals surface area contributed by atoms with Crippen LogP contribution in [0.1, 0.15) is 32.0 Å². The molecular formula is C11H18N2. The number of aromatic nitrogens is 1. The van der Waals surface area contributed by atoms with Crippen LogP contribution in [0.4, 0.5) is 0 Å². The fourth-order valence-corrected chi connectivity index (χ4v) is 1.38. The summed E-state index contributed by atoms with van der Waals surface area (Å²) in [7, 11) is 0. The lowest BCUT2D eigenvalue weighted by atomic mass is 9.96. The van der Waals surface area contributed by atoms with E-state index in [1.165, 1.54) is 5.56 Å². The molecule has 1 heterocycles. The van der Waals surface area contributed by atoms with Crippen molar-refractivity contribution in [3.8, 4) is 0 Å². The van der Waals surface area contributed by atoms with E-state index in [2.05, 4.69) is 18.0 Å². The minimum Gasteiger partial charge on any atom is -0.325 e. The van der Waals surface area contributed by atoms with Crippen LogP contribution in [0.3, 0.4) is 0 Å². The molecule has 0 aliphatic heterocycles. The van der Waals surface area contributed by atoms with E-state index in [-0.39, 0.29) is 5.54 Å². The Kier molecular flexibility index (Phi) is 3.04. The van der Waals surface area contributed by atoms with Crippen molar-refractivity contribution in [2.24, 2.45) is 5.73 Å². The number of nitrogens with zero attached hydrogens (tertiary/aromatic N) is 1. The summed E-state index contributed by atoms with van der Waals surface area (Å²) in [5.41, 5.74) is 8.23. The third-order valence-corrected chi connectivity index (χ3v) is 1.99. The highest BCUT2D eigenvalue weighted by Crippen LogP contribution is 2.12. The van der Waals surface area contributed by atoms with Crippen LogP contribution in [0.15, 0.2) is 18.3 Å². The van der Waals surface area contributed by atoms with Gasteiger partial charge in [-0.3, -0.25) is 4.98 Å². The molecule has 0 saturated carbocycles. The quantitative estimate of drug-likeness (QED) is 0.768. The van der Waals surface area contributed by atoms with Crippen LogP contribution < -0.4 is 5.73 Å². The van der Waals surface area contributed by atoms with Gasteiger partial charge in [-0.05, 0) is 31.9 Å². The molecule has 2 nitrogen and oxygen atoms in total. The molecule has 0 saturated heterocycles. The summed E-state index contributed by atoms with van der Waals surface area (Å²) in [5.74, 6) is 0. The molecule has 13 heavy (non-hydrogen) atoms. The molecule has 0 fully saturated rings. The van der Waals surface area contributed by atoms with E-state index < -0.39 is 0 Å². The number of hydrogen-bond acceptors (Lipinski definition) is 2. The number of pyridine rings is 1. The van der Waals surface area contributed by atoms with E-state index in [0.29, 0.717) is 0 Å². The fraction of sp³-hybridized carbons (Fsp3) is 0.545. The third kappa shape index (κ3) is 3.15. The predicted octanol–water partition coefficient (Wildman–Crippen LogP) is 1.92. The molecule has 0 amide bonds. The molecular weight excluding hydrogens is 160 g/mol. The molecule has 1 rings (SSSR count). The zero-order valence-electron chi connectivity index (χ0n) is 8.67. The van der Waals surface area contributed by atoms with Crippen LogP contribution in [-0.4, -0.2) is 10.5 Å². The van der Waals surface area contributed by atoms with E-state index in [0.717, 1.165) is 18.5 Å². The number of nitrogens with two attached hydrogens (primary N) is 1. The molecule has 0 aliphatic rings. The number of rotatable bonds is 3. The van der Waals surface area contributed by atoms with Gasteiger partial charge in [0.2, 0.25) is 0 Å². The van der Waals surface area contributed by atoms with Crippen LogP contribution >= 0.6 is 0 Å². The van der Waals surface area contributed by atoms with Crippen molar-refractivity contribution in [1.82, 2.24) is 4.98 Å². The molecule has 0 radical (unpaired) electrons. The monoisotopic (exact) mass is 178 g/mol. The van der Waals surface area contributed by atoms with Crippen LogP contribution in [0.25, 0.3) is 0 Å². The van der Waals surface area contributed by atoms with E-state index in [1.54, 1.807) is 0 Å². The van der Waals surface area contributed by atoms with Crippen molar-refractivity contribution in [1.29, 1.82) is 0 Å². The standard InChI is InChI=1S/C11H18N2/c1-4-9-6-5-7-13-10(9)8-11(2,3)12/h5-7H,4,8,12H2,1-3H3. The maximum atomic E-state index is 5.95. The van der Waals surface area contributed by atoms with Crippen molar-refractivity contribution in [2.45, 2.75) is 39.2 Å². The van der Waals surface area contributed by atoms with E-state index in [1.807, 2.05) is 26.1 Å². The number of aryl methyl sites for hydroxylation is 1. The summed E-state index contributed by atoms with van der Waals surface area (Å²) in [5, 5.41) is 0. The van der Waals surface area contributed by atoms with Gasteiger partial charge in [-0.15, -0.1) is 0 Å². The van der Waals surface area contributed by atoms with Gasteiger partial charge in [-0.1, -0.05) is 13.0 Å². The lowest BCUT2D eigenvalue weighted by Crippen LogP contribution is -2.35. The van der Waals surface area contributed by atoms with Crippen molar-refractivity contribution in [3.63, 3.8) is 0 Å². The lowest BCUT2D eigenvalue weighted by molar-refractivity contribution is 0.508. The minimum absolute atomic E-state index is 0.168. The van der Waals surface area contributed by atoms with E-state index >= 15 is 0 Å². The Morgan fingerprint density at radius 2 is 2.15 bits per heavy atom. The third-order valence-electron chi connectivity index (χ3n) is 1.99. The van der Waals surface area contributed by atoms with Gasteiger partial charge in [-0.25, -0.2) is 0 Å². The normalized spacial score (nSPS) is 11.7. The molecule has 0 aliphatic carbocycles. The summed E-state index contributed by atoms with van der Waals surface area (Å²) in [6.45, 7) is 6.20. The molecule has 0 aromatic carbocycles. The summed E-state index contributed by atoms with van der Waals surface area (Å²) >= 11 is 0. The topological polar surface area (TPSA) is 38.9 Å². The first-order chi connectivity index (χ1) is 6.03. The second-order valence-electron chi connectivity index (χ2n) is 4.13. The molecule has 1 aromatic heterocycles. The average Bonchev–Trinajstić information content (AvgIpc) is 2.02. The second-order valence-corrected chi connectivity index (χ2v) is 4.13. The zero-order chi connectivity index (χ0) is 9.90. The van der Waals surface area contributed by atoms with Gasteiger partial charge >= 0.3 is 0 Å². The number of hydrogen-bond donors (Lipinski definition) is 1. The maximum Gasteiger partial charge on any atom is 0.0453 e. The largest absolute Gasteiger partial charge is 0.325 e. The van der Waals surface area contributed by atoms with E-state index in [4.69, 9.17) is 5.73 Å². The Morgan fingerprint density at radius 3 is 2.69 bits per heavy atom. The van der Waals surface area contributed by atoms with Crippen LogP contribution in [0, 0.1) is 0 Å². The summed E-state index contributed by atoms with van der Waals surface area (Å²) < 4.78 is 0. The highest BCUT2D eigenvalue weighted by atomic mass is 14.7. The van der Waals surface area contributed by atoms with Crippen molar-refractivity contribution < 1.29 is 0 Å². The second kappa shape index (κ2) is 3.88. The van der Waals surface area contributed by atoms with Gasteiger partial charge in [0.15, 0.2) is 0 Å². The highest BCUT2D eigenvalue weighted by Gasteiger charge is 2.14. The molecule has 72 valence electrons. The summed E-state index contributed by atoms with van der Waals surface area (Å²) in [6.07, 6.45) is 3.70. The van der Waals surface area contributed by atoms with Crippen molar-refractivity contribution in [2.75, 3.05) is 0 Å². The Labute approximate surface area is 80.2 Å². The Balaban J connectivity index is 2.87. The SMILES string of the molecule is CCc1cccnc1CC(C)(C)N. The first-order valence-corrected chi connectivity index (χ1v) is 4.74. The molecule has 2 heteroatoms. The van der Waals surface area contributed by atoms with Gasteiger partial charge in [0.25, 0.3) is 0 Å². The Hall–Kier alpha value is -0.890. The predicted molar refractivity (Wildman–Crippen MR) is 55.6 cm³/mol. The van der Waals surface area contributed by atoms with Gasteiger partial charge < -0.3 is 5.73 Å². The zero-order valence-corrected chi connectivity index (χ0v) is 8.67. The maximum absolute atomic E-state index is 5.95. The van der Waals surface area contributed by atoms with Gasteiger partial charge in [0.1, 0.15) is 0 Å². The summed E-state index contributed by atoms with van der Waals surface area (Å²) in [6, 6.07) is 4.10.